The Labute approximate surface area is 230 Å². The number of hydrogen-bond donors (Lipinski definition) is 1. The van der Waals surface area contributed by atoms with Crippen LogP contribution in [0, 0.1) is 0 Å². The van der Waals surface area contributed by atoms with Crippen LogP contribution >= 0.6 is 50.9 Å². The average molecular weight is 606 g/mol. The molecular formula is C26H19BrCl2N2O4S. The topological polar surface area (TPSA) is 79.2 Å². The van der Waals surface area contributed by atoms with Crippen LogP contribution in [0.2, 0.25) is 10.0 Å². The first-order valence-electron chi connectivity index (χ1n) is 10.7. The summed E-state index contributed by atoms with van der Waals surface area (Å²) >= 11 is 17.0. The minimum Gasteiger partial charge on any atom is -0.488 e. The van der Waals surface area contributed by atoms with Crippen molar-refractivity contribution >= 4 is 79.7 Å². The zero-order chi connectivity index (χ0) is 25.8. The van der Waals surface area contributed by atoms with E-state index in [1.807, 2.05) is 31.2 Å². The molecule has 0 aliphatic carbocycles. The van der Waals surface area contributed by atoms with E-state index in [1.165, 1.54) is 23.9 Å². The van der Waals surface area contributed by atoms with Gasteiger partial charge in [-0.25, -0.2) is 9.79 Å². The molecule has 1 aliphatic rings. The van der Waals surface area contributed by atoms with Gasteiger partial charge in [-0.15, -0.1) is 0 Å². The minimum atomic E-state index is -1.01. The summed E-state index contributed by atoms with van der Waals surface area (Å²) in [6, 6.07) is 17.0. The summed E-state index contributed by atoms with van der Waals surface area (Å²) in [7, 11) is 0. The van der Waals surface area contributed by atoms with Crippen molar-refractivity contribution in [2.45, 2.75) is 13.5 Å². The average Bonchev–Trinajstić information content (AvgIpc) is 3.13. The molecule has 0 saturated carbocycles. The Balaban J connectivity index is 1.61. The smallest absolute Gasteiger partial charge is 0.335 e. The fourth-order valence-corrected chi connectivity index (χ4v) is 5.25. The Bertz CT molecular complexity index is 1390. The highest BCUT2D eigenvalue weighted by Crippen LogP contribution is 2.36. The number of amidine groups is 1. The molecule has 6 nitrogen and oxygen atoms in total. The van der Waals surface area contributed by atoms with Crippen LogP contribution in [0.15, 0.2) is 75.0 Å². The maximum atomic E-state index is 13.1. The van der Waals surface area contributed by atoms with Gasteiger partial charge in [-0.05, 0) is 79.4 Å². The number of thioether (sulfide) groups is 1. The predicted octanol–water partition coefficient (Wildman–Crippen LogP) is 7.66. The number of nitrogens with zero attached hydrogens (tertiary/aromatic N) is 2. The maximum absolute atomic E-state index is 13.1. The molecular weight excluding hydrogens is 587 g/mol. The molecule has 3 aromatic rings. The number of aromatic carboxylic acids is 1. The molecule has 0 bridgehead atoms. The number of halogens is 3. The number of carbonyl (C=O) groups excluding carboxylic acids is 1. The molecule has 184 valence electrons. The molecule has 0 radical (unpaired) electrons. The van der Waals surface area contributed by atoms with Gasteiger partial charge >= 0.3 is 5.97 Å². The second-order valence-corrected chi connectivity index (χ2v) is 10.4. The van der Waals surface area contributed by atoms with E-state index in [1.54, 1.807) is 35.2 Å². The Morgan fingerprint density at radius 2 is 1.89 bits per heavy atom. The number of carboxylic acid groups (broad SMARTS) is 1. The lowest BCUT2D eigenvalue weighted by atomic mass is 10.1. The van der Waals surface area contributed by atoms with Crippen molar-refractivity contribution in [2.75, 3.05) is 6.54 Å². The van der Waals surface area contributed by atoms with E-state index >= 15 is 0 Å². The first-order chi connectivity index (χ1) is 17.2. The third-order valence-corrected chi connectivity index (χ3v) is 7.29. The molecule has 1 aliphatic heterocycles. The lowest BCUT2D eigenvalue weighted by Crippen LogP contribution is -2.28. The predicted molar refractivity (Wildman–Crippen MR) is 148 cm³/mol. The molecule has 0 unspecified atom stereocenters. The quantitative estimate of drug-likeness (QED) is 0.280. The molecule has 3 aromatic carbocycles. The fraction of sp³-hybridized carbons (Fsp3) is 0.115. The van der Waals surface area contributed by atoms with E-state index in [4.69, 9.17) is 33.0 Å². The molecule has 1 fully saturated rings. The molecule has 1 N–H and O–H groups in total. The normalized spacial score (nSPS) is 15.7. The van der Waals surface area contributed by atoms with Crippen LogP contribution in [0.3, 0.4) is 0 Å². The SMILES string of the molecule is CCN1C(=O)/C(=C/c2cc(Br)ccc2OCc2ccc(Cl)cc2Cl)SC1=Nc1ccc(C(=O)O)cc1. The highest BCUT2D eigenvalue weighted by atomic mass is 79.9. The van der Waals surface area contributed by atoms with E-state index < -0.39 is 5.97 Å². The van der Waals surface area contributed by atoms with Crippen molar-refractivity contribution in [3.8, 4) is 5.75 Å². The van der Waals surface area contributed by atoms with Gasteiger partial charge in [-0.2, -0.15) is 0 Å². The van der Waals surface area contributed by atoms with Crippen LogP contribution in [-0.4, -0.2) is 33.6 Å². The van der Waals surface area contributed by atoms with E-state index in [0.717, 1.165) is 10.0 Å². The van der Waals surface area contributed by atoms with E-state index in [9.17, 15) is 9.59 Å². The number of benzene rings is 3. The first kappa shape index (κ1) is 26.3. The summed E-state index contributed by atoms with van der Waals surface area (Å²) < 4.78 is 6.88. The highest BCUT2D eigenvalue weighted by molar-refractivity contribution is 9.10. The first-order valence-corrected chi connectivity index (χ1v) is 13.1. The van der Waals surface area contributed by atoms with Crippen molar-refractivity contribution in [3.05, 3.63) is 96.8 Å². The molecule has 1 amide bonds. The third kappa shape index (κ3) is 6.13. The zero-order valence-electron chi connectivity index (χ0n) is 18.9. The van der Waals surface area contributed by atoms with E-state index in [2.05, 4.69) is 20.9 Å². The van der Waals surface area contributed by atoms with Gasteiger partial charge < -0.3 is 9.84 Å². The number of likely N-dealkylation sites (N-methyl/N-ethyl adjacent to an activating group) is 1. The van der Waals surface area contributed by atoms with Crippen molar-refractivity contribution in [3.63, 3.8) is 0 Å². The molecule has 4 rings (SSSR count). The molecule has 0 atom stereocenters. The van der Waals surface area contributed by atoms with Crippen LogP contribution in [0.25, 0.3) is 6.08 Å². The van der Waals surface area contributed by atoms with Crippen LogP contribution in [0.5, 0.6) is 5.75 Å². The summed E-state index contributed by atoms with van der Waals surface area (Å²) in [5.74, 6) is -0.594. The Hall–Kier alpha value is -2.78. The van der Waals surface area contributed by atoms with Gasteiger partial charge in [0, 0.05) is 32.2 Å². The van der Waals surface area contributed by atoms with Crippen LogP contribution in [-0.2, 0) is 11.4 Å². The summed E-state index contributed by atoms with van der Waals surface area (Å²) in [6.07, 6.45) is 1.77. The third-order valence-electron chi connectivity index (χ3n) is 5.20. The number of amides is 1. The summed E-state index contributed by atoms with van der Waals surface area (Å²) in [6.45, 7) is 2.54. The molecule has 36 heavy (non-hydrogen) atoms. The number of ether oxygens (including phenoxy) is 1. The minimum absolute atomic E-state index is 0.170. The van der Waals surface area contributed by atoms with Gasteiger partial charge in [0.05, 0.1) is 16.2 Å². The second kappa shape index (κ2) is 11.5. The molecule has 0 aromatic heterocycles. The van der Waals surface area contributed by atoms with Crippen LogP contribution < -0.4 is 4.74 Å². The number of rotatable bonds is 7. The van der Waals surface area contributed by atoms with Gasteiger partial charge in [-0.1, -0.05) is 45.2 Å². The van der Waals surface area contributed by atoms with Crippen molar-refractivity contribution in [2.24, 2.45) is 4.99 Å². The lowest BCUT2D eigenvalue weighted by Gasteiger charge is -2.12. The van der Waals surface area contributed by atoms with Crippen LogP contribution in [0.4, 0.5) is 5.69 Å². The van der Waals surface area contributed by atoms with Gasteiger partial charge in [0.15, 0.2) is 5.17 Å². The van der Waals surface area contributed by atoms with Gasteiger partial charge in [0.25, 0.3) is 5.91 Å². The number of hydrogen-bond acceptors (Lipinski definition) is 5. The monoisotopic (exact) mass is 604 g/mol. The Kier molecular flexibility index (Phi) is 8.41. The summed E-state index contributed by atoms with van der Waals surface area (Å²) in [4.78, 5) is 30.9. The van der Waals surface area contributed by atoms with Gasteiger partial charge in [-0.3, -0.25) is 9.69 Å². The largest absolute Gasteiger partial charge is 0.488 e. The molecule has 1 saturated heterocycles. The van der Waals surface area contributed by atoms with Crippen molar-refractivity contribution < 1.29 is 19.4 Å². The summed E-state index contributed by atoms with van der Waals surface area (Å²) in [5, 5.41) is 10.7. The van der Waals surface area contributed by atoms with Crippen molar-refractivity contribution in [1.29, 1.82) is 0 Å². The van der Waals surface area contributed by atoms with Crippen molar-refractivity contribution in [1.82, 2.24) is 4.90 Å². The van der Waals surface area contributed by atoms with Crippen LogP contribution in [0.1, 0.15) is 28.4 Å². The standard InChI is InChI=1S/C26H19BrCl2N2O4S/c1-2-31-24(32)23(36-26(31)30-20-8-4-15(5-9-20)25(33)34)12-17-11-18(27)6-10-22(17)35-14-16-3-7-19(28)13-21(16)29/h3-13H,2,14H2,1H3,(H,33,34)/b23-12-,30-26?. The Morgan fingerprint density at radius 1 is 1.14 bits per heavy atom. The second-order valence-electron chi connectivity index (χ2n) is 7.61. The number of carbonyl (C=O) groups is 2. The molecule has 0 spiro atoms. The zero-order valence-corrected chi connectivity index (χ0v) is 22.8. The van der Waals surface area contributed by atoms with Gasteiger partial charge in [0.1, 0.15) is 12.4 Å². The summed E-state index contributed by atoms with van der Waals surface area (Å²) in [5.41, 5.74) is 2.23. The molecule has 10 heteroatoms. The highest BCUT2D eigenvalue weighted by Gasteiger charge is 2.32. The number of aliphatic imine (C=N–C) groups is 1. The van der Waals surface area contributed by atoms with E-state index in [-0.39, 0.29) is 18.1 Å². The van der Waals surface area contributed by atoms with Gasteiger partial charge in [0.2, 0.25) is 0 Å². The fourth-order valence-electron chi connectivity index (χ4n) is 3.36. The maximum Gasteiger partial charge on any atom is 0.335 e. The lowest BCUT2D eigenvalue weighted by molar-refractivity contribution is -0.122. The van der Waals surface area contributed by atoms with E-state index in [0.29, 0.717) is 43.7 Å². The molecule has 1 heterocycles. The Morgan fingerprint density at radius 3 is 2.56 bits per heavy atom. The number of carboxylic acids is 1.